The fourth-order valence-electron chi connectivity index (χ4n) is 2.27. The molecule has 0 unspecified atom stereocenters. The Balaban J connectivity index is 2.08. The van der Waals surface area contributed by atoms with Gasteiger partial charge in [0, 0.05) is 16.6 Å². The molecule has 0 aliphatic carbocycles. The summed E-state index contributed by atoms with van der Waals surface area (Å²) in [4.78, 5) is 8.33. The van der Waals surface area contributed by atoms with Crippen LogP contribution in [-0.2, 0) is 6.42 Å². The first-order valence-electron chi connectivity index (χ1n) is 6.53. The zero-order chi connectivity index (χ0) is 13.9. The second-order valence-corrected chi connectivity index (χ2v) is 4.85. The number of hydrogen-bond donors (Lipinski definition) is 1. The molecule has 0 saturated carbocycles. The van der Waals surface area contributed by atoms with Crippen LogP contribution in [0.4, 0.5) is 11.5 Å². The summed E-state index contributed by atoms with van der Waals surface area (Å²) < 4.78 is 0. The third kappa shape index (κ3) is 2.32. The van der Waals surface area contributed by atoms with Gasteiger partial charge in [-0.05, 0) is 17.9 Å². The molecular formula is C16H14ClN3. The largest absolute Gasteiger partial charge is 0.339 e. The van der Waals surface area contributed by atoms with Gasteiger partial charge in [0.25, 0.3) is 0 Å². The van der Waals surface area contributed by atoms with Crippen molar-refractivity contribution in [1.82, 2.24) is 9.97 Å². The third-order valence-corrected chi connectivity index (χ3v) is 3.61. The highest BCUT2D eigenvalue weighted by atomic mass is 35.5. The van der Waals surface area contributed by atoms with Gasteiger partial charge >= 0.3 is 0 Å². The Kier molecular flexibility index (Phi) is 3.52. The van der Waals surface area contributed by atoms with E-state index in [1.807, 2.05) is 31.2 Å². The molecule has 1 aromatic heterocycles. The van der Waals surface area contributed by atoms with Crippen molar-refractivity contribution in [2.24, 2.45) is 0 Å². The molecule has 3 aromatic rings. The van der Waals surface area contributed by atoms with Crippen LogP contribution in [0.15, 0.2) is 48.8 Å². The lowest BCUT2D eigenvalue weighted by atomic mass is 10.1. The Morgan fingerprint density at radius 2 is 1.85 bits per heavy atom. The van der Waals surface area contributed by atoms with Crippen molar-refractivity contribution in [3.05, 3.63) is 59.5 Å². The van der Waals surface area contributed by atoms with E-state index < -0.39 is 0 Å². The Bertz CT molecular complexity index is 750. The molecule has 3 rings (SSSR count). The molecule has 100 valence electrons. The molecule has 0 spiro atoms. The number of hydrogen-bond acceptors (Lipinski definition) is 3. The van der Waals surface area contributed by atoms with Crippen LogP contribution in [0.5, 0.6) is 0 Å². The first kappa shape index (κ1) is 12.9. The average Bonchev–Trinajstić information content (AvgIpc) is 2.48. The van der Waals surface area contributed by atoms with Crippen molar-refractivity contribution in [3.8, 4) is 0 Å². The summed E-state index contributed by atoms with van der Waals surface area (Å²) >= 11 is 6.12. The molecule has 4 heteroatoms. The number of nitrogens with zero attached hydrogens (tertiary/aromatic N) is 2. The zero-order valence-corrected chi connectivity index (χ0v) is 11.9. The molecule has 0 radical (unpaired) electrons. The summed E-state index contributed by atoms with van der Waals surface area (Å²) in [6, 6.07) is 14.4. The van der Waals surface area contributed by atoms with Gasteiger partial charge in [0.05, 0.1) is 0 Å². The monoisotopic (exact) mass is 283 g/mol. The summed E-state index contributed by atoms with van der Waals surface area (Å²) in [7, 11) is 0. The molecule has 3 nitrogen and oxygen atoms in total. The highest BCUT2D eigenvalue weighted by Crippen LogP contribution is 2.28. The molecule has 0 aliphatic heterocycles. The Hall–Kier alpha value is -2.13. The molecule has 1 heterocycles. The highest BCUT2D eigenvalue weighted by molar-refractivity contribution is 6.30. The van der Waals surface area contributed by atoms with E-state index in [0.717, 1.165) is 28.9 Å². The number of aromatic nitrogens is 2. The van der Waals surface area contributed by atoms with Crippen LogP contribution in [0.2, 0.25) is 5.15 Å². The predicted molar refractivity (Wildman–Crippen MR) is 83.7 cm³/mol. The minimum Gasteiger partial charge on any atom is -0.339 e. The summed E-state index contributed by atoms with van der Waals surface area (Å²) in [6.07, 6.45) is 2.27. The van der Waals surface area contributed by atoms with Crippen molar-refractivity contribution in [3.63, 3.8) is 0 Å². The number of benzene rings is 2. The number of nitrogens with one attached hydrogen (secondary N) is 1. The Labute approximate surface area is 122 Å². The quantitative estimate of drug-likeness (QED) is 0.715. The summed E-state index contributed by atoms with van der Waals surface area (Å²) in [5.74, 6) is 0.767. The fourth-order valence-corrected chi connectivity index (χ4v) is 2.54. The van der Waals surface area contributed by atoms with Crippen molar-refractivity contribution in [2.45, 2.75) is 13.3 Å². The van der Waals surface area contributed by atoms with Crippen LogP contribution in [0.25, 0.3) is 10.8 Å². The van der Waals surface area contributed by atoms with Crippen LogP contribution < -0.4 is 5.32 Å². The molecule has 20 heavy (non-hydrogen) atoms. The molecular weight excluding hydrogens is 270 g/mol. The zero-order valence-electron chi connectivity index (χ0n) is 11.1. The predicted octanol–water partition coefficient (Wildman–Crippen LogP) is 4.59. The number of anilines is 2. The van der Waals surface area contributed by atoms with Crippen LogP contribution in [0.1, 0.15) is 12.5 Å². The maximum absolute atomic E-state index is 6.12. The molecule has 2 aromatic carbocycles. The van der Waals surface area contributed by atoms with Crippen molar-refractivity contribution < 1.29 is 0 Å². The third-order valence-electron chi connectivity index (χ3n) is 3.29. The summed E-state index contributed by atoms with van der Waals surface area (Å²) in [5, 5.41) is 6.23. The molecule has 0 saturated heterocycles. The first-order valence-corrected chi connectivity index (χ1v) is 6.91. The average molecular weight is 284 g/mol. The normalized spacial score (nSPS) is 10.7. The molecule has 0 aliphatic rings. The van der Waals surface area contributed by atoms with Gasteiger partial charge in [-0.25, -0.2) is 9.97 Å². The van der Waals surface area contributed by atoms with Crippen LogP contribution in [-0.4, -0.2) is 9.97 Å². The number of fused-ring (bicyclic) bond motifs is 1. The van der Waals surface area contributed by atoms with Gasteiger partial charge < -0.3 is 5.32 Å². The minimum absolute atomic E-state index is 0.505. The maximum atomic E-state index is 6.12. The molecule has 0 fully saturated rings. The lowest BCUT2D eigenvalue weighted by molar-refractivity contribution is 1.05. The molecule has 1 N–H and O–H groups in total. The van der Waals surface area contributed by atoms with E-state index >= 15 is 0 Å². The topological polar surface area (TPSA) is 37.8 Å². The van der Waals surface area contributed by atoms with Crippen molar-refractivity contribution in [1.29, 1.82) is 0 Å². The molecule has 0 atom stereocenters. The Morgan fingerprint density at radius 1 is 1.05 bits per heavy atom. The fraction of sp³-hybridized carbons (Fsp3) is 0.125. The lowest BCUT2D eigenvalue weighted by Crippen LogP contribution is -2.01. The van der Waals surface area contributed by atoms with Gasteiger partial charge in [-0.1, -0.05) is 54.9 Å². The van der Waals surface area contributed by atoms with Gasteiger partial charge in [0.15, 0.2) is 0 Å². The lowest BCUT2D eigenvalue weighted by Gasteiger charge is -2.12. The van der Waals surface area contributed by atoms with E-state index in [9.17, 15) is 0 Å². The van der Waals surface area contributed by atoms with E-state index in [1.165, 1.54) is 11.7 Å². The van der Waals surface area contributed by atoms with Crippen LogP contribution in [0, 0.1) is 0 Å². The van der Waals surface area contributed by atoms with Gasteiger partial charge in [-0.15, -0.1) is 0 Å². The van der Waals surface area contributed by atoms with Crippen molar-refractivity contribution in [2.75, 3.05) is 5.32 Å². The van der Waals surface area contributed by atoms with Gasteiger partial charge in [-0.3, -0.25) is 0 Å². The van der Waals surface area contributed by atoms with Crippen molar-refractivity contribution >= 4 is 33.9 Å². The van der Waals surface area contributed by atoms with Crippen LogP contribution in [0.3, 0.4) is 0 Å². The SMILES string of the molecule is CCc1c(Cl)ncnc1Nc1cccc2ccccc12. The van der Waals surface area contributed by atoms with E-state index in [-0.39, 0.29) is 0 Å². The van der Waals surface area contributed by atoms with E-state index in [0.29, 0.717) is 5.15 Å². The van der Waals surface area contributed by atoms with Gasteiger partial charge in [0.2, 0.25) is 0 Å². The van der Waals surface area contributed by atoms with E-state index in [4.69, 9.17) is 11.6 Å². The Morgan fingerprint density at radius 3 is 2.70 bits per heavy atom. The molecule has 0 bridgehead atoms. The smallest absolute Gasteiger partial charge is 0.138 e. The van der Waals surface area contributed by atoms with E-state index in [1.54, 1.807) is 0 Å². The van der Waals surface area contributed by atoms with Gasteiger partial charge in [0.1, 0.15) is 17.3 Å². The maximum Gasteiger partial charge on any atom is 0.138 e. The number of halogens is 1. The van der Waals surface area contributed by atoms with Gasteiger partial charge in [-0.2, -0.15) is 0 Å². The molecule has 0 amide bonds. The highest BCUT2D eigenvalue weighted by Gasteiger charge is 2.09. The first-order chi connectivity index (χ1) is 9.79. The standard InChI is InChI=1S/C16H14ClN3/c1-2-12-15(17)18-10-19-16(12)20-14-9-5-7-11-6-3-4-8-13(11)14/h3-10H,2H2,1H3,(H,18,19,20). The summed E-state index contributed by atoms with van der Waals surface area (Å²) in [6.45, 7) is 2.04. The summed E-state index contributed by atoms with van der Waals surface area (Å²) in [5.41, 5.74) is 1.95. The van der Waals surface area contributed by atoms with Crippen LogP contribution >= 0.6 is 11.6 Å². The second kappa shape index (κ2) is 5.47. The minimum atomic E-state index is 0.505. The van der Waals surface area contributed by atoms with E-state index in [2.05, 4.69) is 33.5 Å². The number of rotatable bonds is 3. The second-order valence-electron chi connectivity index (χ2n) is 4.50.